The summed E-state index contributed by atoms with van der Waals surface area (Å²) in [6.45, 7) is -1.79. The molecule has 0 radical (unpaired) electrons. The quantitative estimate of drug-likeness (QED) is 0.770. The van der Waals surface area contributed by atoms with Gasteiger partial charge in [-0.05, 0) is 19.1 Å². The van der Waals surface area contributed by atoms with Gasteiger partial charge in [-0.1, -0.05) is 23.2 Å². The molecule has 0 aliphatic carbocycles. The molecule has 0 saturated heterocycles. The van der Waals surface area contributed by atoms with Gasteiger partial charge >= 0.3 is 12.2 Å². The fourth-order valence-electron chi connectivity index (χ4n) is 1.83. The number of hydrogen-bond acceptors (Lipinski definition) is 4. The molecule has 1 unspecified atom stereocenters. The molecular weight excluding hydrogens is 377 g/mol. The van der Waals surface area contributed by atoms with Crippen LogP contribution in [0, 0.1) is 6.92 Å². The topological polar surface area (TPSA) is 89.2 Å². The maximum atomic E-state index is 12.9. The van der Waals surface area contributed by atoms with Crippen LogP contribution in [0.15, 0.2) is 16.9 Å². The molecule has 0 saturated carbocycles. The molecule has 126 valence electrons. The minimum absolute atomic E-state index is 0.00619. The average molecular weight is 387 g/mol. The van der Waals surface area contributed by atoms with E-state index in [1.807, 2.05) is 0 Å². The lowest BCUT2D eigenvalue weighted by Gasteiger charge is -2.10. The van der Waals surface area contributed by atoms with Gasteiger partial charge in [0.25, 0.3) is 0 Å². The Hall–Kier alpha value is -1.49. The normalized spacial score (nSPS) is 12.7. The summed E-state index contributed by atoms with van der Waals surface area (Å²) in [6.07, 6.45) is 0. The predicted molar refractivity (Wildman–Crippen MR) is 83.1 cm³/mol. The van der Waals surface area contributed by atoms with Crippen molar-refractivity contribution in [1.82, 2.24) is 14.3 Å². The van der Waals surface area contributed by atoms with E-state index >= 15 is 0 Å². The standard InChI is InChI=1S/C11H10Cl2F2N4O3S/c1-5-17-19(11(20)18(5)10(14)15)9-3-8(16-4-23(21)22)6(12)2-7(9)13/h2-3,10,16H,4H2,1H3,(H,21,22). The highest BCUT2D eigenvalue weighted by Gasteiger charge is 2.20. The van der Waals surface area contributed by atoms with Crippen LogP contribution in [-0.2, 0) is 11.1 Å². The third-order valence-corrected chi connectivity index (χ3v) is 3.83. The first-order valence-corrected chi connectivity index (χ1v) is 8.02. The molecule has 1 atom stereocenters. The molecular formula is C11H10Cl2F2N4O3S. The summed E-state index contributed by atoms with van der Waals surface area (Å²) in [6, 6.07) is 2.55. The molecule has 0 aliphatic heterocycles. The van der Waals surface area contributed by atoms with E-state index < -0.39 is 23.3 Å². The minimum Gasteiger partial charge on any atom is -0.370 e. The highest BCUT2D eigenvalue weighted by atomic mass is 35.5. The van der Waals surface area contributed by atoms with Gasteiger partial charge < -0.3 is 9.87 Å². The molecule has 0 aliphatic rings. The van der Waals surface area contributed by atoms with Crippen molar-refractivity contribution in [1.29, 1.82) is 0 Å². The second-order valence-corrected chi connectivity index (χ2v) is 6.06. The molecule has 23 heavy (non-hydrogen) atoms. The number of nitrogens with zero attached hydrogens (tertiary/aromatic N) is 3. The van der Waals surface area contributed by atoms with Crippen LogP contribution in [-0.4, -0.2) is 29.0 Å². The van der Waals surface area contributed by atoms with Gasteiger partial charge in [0.05, 0.1) is 21.4 Å². The highest BCUT2D eigenvalue weighted by molar-refractivity contribution is 7.79. The van der Waals surface area contributed by atoms with Crippen molar-refractivity contribution in [2.45, 2.75) is 13.5 Å². The molecule has 7 nitrogen and oxygen atoms in total. The summed E-state index contributed by atoms with van der Waals surface area (Å²) in [5.41, 5.74) is -0.863. The summed E-state index contributed by atoms with van der Waals surface area (Å²) in [5.74, 6) is -0.512. The molecule has 0 amide bonds. The third kappa shape index (κ3) is 3.71. The van der Waals surface area contributed by atoms with E-state index in [4.69, 9.17) is 27.8 Å². The Morgan fingerprint density at radius 3 is 2.57 bits per heavy atom. The number of halogens is 4. The number of aryl methyl sites for hydroxylation is 1. The van der Waals surface area contributed by atoms with Crippen molar-refractivity contribution in [3.8, 4) is 5.69 Å². The van der Waals surface area contributed by atoms with Gasteiger partial charge in [-0.2, -0.15) is 13.5 Å². The molecule has 2 rings (SSSR count). The van der Waals surface area contributed by atoms with E-state index in [0.717, 1.165) is 0 Å². The van der Waals surface area contributed by atoms with Crippen molar-refractivity contribution in [3.05, 3.63) is 38.5 Å². The Morgan fingerprint density at radius 1 is 1.39 bits per heavy atom. The van der Waals surface area contributed by atoms with E-state index in [-0.39, 0.29) is 37.7 Å². The molecule has 12 heteroatoms. The number of nitrogens with one attached hydrogen (secondary N) is 1. The summed E-state index contributed by atoms with van der Waals surface area (Å²) in [7, 11) is 0. The molecule has 0 bridgehead atoms. The van der Waals surface area contributed by atoms with Crippen LogP contribution < -0.4 is 11.0 Å². The Morgan fingerprint density at radius 2 is 2.04 bits per heavy atom. The molecule has 1 aromatic heterocycles. The van der Waals surface area contributed by atoms with Crippen LogP contribution in [0.4, 0.5) is 14.5 Å². The van der Waals surface area contributed by atoms with Gasteiger partial charge in [0, 0.05) is 0 Å². The fourth-order valence-corrected chi connectivity index (χ4v) is 2.64. The predicted octanol–water partition coefficient (Wildman–Crippen LogP) is 2.64. The van der Waals surface area contributed by atoms with Gasteiger partial charge in [-0.15, -0.1) is 5.10 Å². The maximum Gasteiger partial charge on any atom is 0.355 e. The first-order valence-electron chi connectivity index (χ1n) is 5.99. The molecule has 0 fully saturated rings. The molecule has 1 heterocycles. The number of anilines is 1. The summed E-state index contributed by atoms with van der Waals surface area (Å²) in [5, 5.41) is 6.46. The number of aromatic nitrogens is 3. The number of rotatable bonds is 5. The lowest BCUT2D eigenvalue weighted by atomic mass is 10.2. The molecule has 2 aromatic rings. The van der Waals surface area contributed by atoms with Crippen LogP contribution in [0.3, 0.4) is 0 Å². The Balaban J connectivity index is 2.56. The summed E-state index contributed by atoms with van der Waals surface area (Å²) in [4.78, 5) is 12.0. The maximum absolute atomic E-state index is 12.9. The zero-order valence-electron chi connectivity index (χ0n) is 11.5. The number of alkyl halides is 2. The van der Waals surface area contributed by atoms with Crippen molar-refractivity contribution >= 4 is 40.0 Å². The first kappa shape index (κ1) is 17.9. The second-order valence-electron chi connectivity index (χ2n) is 4.32. The van der Waals surface area contributed by atoms with Gasteiger partial charge in [0.15, 0.2) is 11.1 Å². The van der Waals surface area contributed by atoms with Gasteiger partial charge in [-0.3, -0.25) is 0 Å². The number of hydrogen-bond donors (Lipinski definition) is 2. The molecule has 1 aromatic carbocycles. The van der Waals surface area contributed by atoms with Crippen LogP contribution in [0.1, 0.15) is 12.4 Å². The van der Waals surface area contributed by atoms with Crippen LogP contribution in [0.2, 0.25) is 10.0 Å². The van der Waals surface area contributed by atoms with E-state index in [1.54, 1.807) is 0 Å². The Bertz CT molecular complexity index is 824. The first-order chi connectivity index (χ1) is 10.7. The van der Waals surface area contributed by atoms with Gasteiger partial charge in [-0.25, -0.2) is 13.6 Å². The zero-order chi connectivity index (χ0) is 17.3. The lowest BCUT2D eigenvalue weighted by molar-refractivity contribution is 0.0640. The van der Waals surface area contributed by atoms with Crippen molar-refractivity contribution in [3.63, 3.8) is 0 Å². The molecule has 2 N–H and O–H groups in total. The van der Waals surface area contributed by atoms with E-state index in [0.29, 0.717) is 4.68 Å². The van der Waals surface area contributed by atoms with Gasteiger partial charge in [0.2, 0.25) is 0 Å². The second kappa shape index (κ2) is 6.95. The zero-order valence-corrected chi connectivity index (χ0v) is 13.8. The lowest BCUT2D eigenvalue weighted by Crippen LogP contribution is -2.25. The van der Waals surface area contributed by atoms with Crippen LogP contribution in [0.5, 0.6) is 0 Å². The fraction of sp³-hybridized carbons (Fsp3) is 0.273. The van der Waals surface area contributed by atoms with Crippen LogP contribution >= 0.6 is 23.2 Å². The minimum atomic E-state index is -3.04. The highest BCUT2D eigenvalue weighted by Crippen LogP contribution is 2.31. The van der Waals surface area contributed by atoms with E-state index in [2.05, 4.69) is 10.4 Å². The Labute approximate surface area is 141 Å². The van der Waals surface area contributed by atoms with Crippen molar-refractivity contribution < 1.29 is 17.5 Å². The van der Waals surface area contributed by atoms with Crippen molar-refractivity contribution in [2.75, 3.05) is 11.2 Å². The summed E-state index contributed by atoms with van der Waals surface area (Å²) < 4.78 is 46.1. The average Bonchev–Trinajstić information content (AvgIpc) is 2.72. The largest absolute Gasteiger partial charge is 0.370 e. The molecule has 0 spiro atoms. The van der Waals surface area contributed by atoms with E-state index in [1.165, 1.54) is 19.1 Å². The Kier molecular flexibility index (Phi) is 5.40. The smallest absolute Gasteiger partial charge is 0.355 e. The summed E-state index contributed by atoms with van der Waals surface area (Å²) >= 11 is 9.80. The van der Waals surface area contributed by atoms with Crippen LogP contribution in [0.25, 0.3) is 5.69 Å². The third-order valence-electron chi connectivity index (χ3n) is 2.83. The van der Waals surface area contributed by atoms with Crippen molar-refractivity contribution in [2.24, 2.45) is 0 Å². The number of benzene rings is 1. The SMILES string of the molecule is Cc1nn(-c2cc(NCS(=O)O)c(Cl)cc2Cl)c(=O)n1C(F)F. The van der Waals surface area contributed by atoms with E-state index in [9.17, 15) is 17.8 Å². The monoisotopic (exact) mass is 386 g/mol. The van der Waals surface area contributed by atoms with Gasteiger partial charge in [0.1, 0.15) is 11.7 Å².